The molecule has 1 atom stereocenters. The van der Waals surface area contributed by atoms with Crippen molar-refractivity contribution in [1.29, 1.82) is 0 Å². The first-order valence-corrected chi connectivity index (χ1v) is 12.1. The summed E-state index contributed by atoms with van der Waals surface area (Å²) in [6.07, 6.45) is 3.17. The average molecular weight is 563 g/mol. The molecule has 2 aliphatic heterocycles. The van der Waals surface area contributed by atoms with E-state index in [-0.39, 0.29) is 29.4 Å². The van der Waals surface area contributed by atoms with Crippen LogP contribution in [-0.4, -0.2) is 74.8 Å². The summed E-state index contributed by atoms with van der Waals surface area (Å²) in [5, 5.41) is 4.39. The number of guanidine groups is 1. The van der Waals surface area contributed by atoms with Crippen molar-refractivity contribution in [3.8, 4) is 0 Å². The molecule has 3 rings (SSSR count). The molecule has 7 heteroatoms. The second kappa shape index (κ2) is 13.2. The lowest BCUT2D eigenvalue weighted by molar-refractivity contribution is 0.0530. The van der Waals surface area contributed by atoms with Crippen molar-refractivity contribution in [2.24, 2.45) is 10.9 Å². The molecule has 0 amide bonds. The number of nitrogens with one attached hydrogen (secondary N) is 1. The highest BCUT2D eigenvalue weighted by Gasteiger charge is 2.36. The maximum absolute atomic E-state index is 6.63. The smallest absolute Gasteiger partial charge is 0.193 e. The largest absolute Gasteiger partial charge is 0.381 e. The van der Waals surface area contributed by atoms with Gasteiger partial charge in [-0.15, -0.1) is 24.0 Å². The van der Waals surface area contributed by atoms with Gasteiger partial charge in [-0.2, -0.15) is 0 Å². The SMILES string of the molecule is CCNC(=NCC1(c2ccccc2Cl)CCOCC1)N1CCC(CN(CC)CC)C1.I. The summed E-state index contributed by atoms with van der Waals surface area (Å²) in [5.74, 6) is 1.77. The number of nitrogens with zero attached hydrogens (tertiary/aromatic N) is 3. The van der Waals surface area contributed by atoms with E-state index < -0.39 is 0 Å². The van der Waals surface area contributed by atoms with Crippen molar-refractivity contribution >= 4 is 41.5 Å². The zero-order chi connectivity index (χ0) is 21.4. The molecule has 2 heterocycles. The lowest BCUT2D eigenvalue weighted by Gasteiger charge is -2.37. The van der Waals surface area contributed by atoms with E-state index in [2.05, 4.69) is 48.0 Å². The van der Waals surface area contributed by atoms with Crippen LogP contribution in [0.5, 0.6) is 0 Å². The maximum Gasteiger partial charge on any atom is 0.193 e. The van der Waals surface area contributed by atoms with Crippen LogP contribution in [0.15, 0.2) is 29.3 Å². The van der Waals surface area contributed by atoms with Gasteiger partial charge in [0.15, 0.2) is 5.96 Å². The van der Waals surface area contributed by atoms with Gasteiger partial charge < -0.3 is 19.9 Å². The summed E-state index contributed by atoms with van der Waals surface area (Å²) < 4.78 is 5.69. The lowest BCUT2D eigenvalue weighted by Crippen LogP contribution is -2.43. The van der Waals surface area contributed by atoms with E-state index >= 15 is 0 Å². The van der Waals surface area contributed by atoms with Crippen LogP contribution < -0.4 is 5.32 Å². The van der Waals surface area contributed by atoms with Crippen LogP contribution in [0.3, 0.4) is 0 Å². The second-order valence-corrected chi connectivity index (χ2v) is 9.04. The Labute approximate surface area is 211 Å². The van der Waals surface area contributed by atoms with Crippen molar-refractivity contribution in [3.63, 3.8) is 0 Å². The number of aliphatic imine (C=N–C) groups is 1. The molecular formula is C24H40ClIN4O. The van der Waals surface area contributed by atoms with Crippen molar-refractivity contribution in [2.75, 3.05) is 59.0 Å². The molecule has 0 bridgehead atoms. The summed E-state index contributed by atoms with van der Waals surface area (Å²) in [6, 6.07) is 8.27. The lowest BCUT2D eigenvalue weighted by atomic mass is 9.74. The summed E-state index contributed by atoms with van der Waals surface area (Å²) in [4.78, 5) is 10.2. The van der Waals surface area contributed by atoms with Gasteiger partial charge in [-0.05, 0) is 56.8 Å². The molecule has 176 valence electrons. The van der Waals surface area contributed by atoms with Crippen LogP contribution in [0.1, 0.15) is 45.6 Å². The minimum atomic E-state index is -0.0440. The van der Waals surface area contributed by atoms with Gasteiger partial charge in [0.1, 0.15) is 0 Å². The number of ether oxygens (including phenoxy) is 1. The molecule has 1 aromatic carbocycles. The molecule has 1 N–H and O–H groups in total. The quantitative estimate of drug-likeness (QED) is 0.285. The Morgan fingerprint density at radius 2 is 1.94 bits per heavy atom. The molecule has 1 unspecified atom stereocenters. The van der Waals surface area contributed by atoms with Gasteiger partial charge in [0.25, 0.3) is 0 Å². The van der Waals surface area contributed by atoms with Crippen molar-refractivity contribution in [2.45, 2.75) is 45.4 Å². The number of halogens is 2. The van der Waals surface area contributed by atoms with Gasteiger partial charge >= 0.3 is 0 Å². The van der Waals surface area contributed by atoms with E-state index in [1.54, 1.807) is 0 Å². The summed E-state index contributed by atoms with van der Waals surface area (Å²) in [5.41, 5.74) is 1.17. The number of rotatable bonds is 8. The van der Waals surface area contributed by atoms with Crippen LogP contribution in [-0.2, 0) is 10.2 Å². The molecule has 1 aromatic rings. The molecular weight excluding hydrogens is 523 g/mol. The predicted octanol–water partition coefficient (Wildman–Crippen LogP) is 4.64. The van der Waals surface area contributed by atoms with Crippen LogP contribution in [0.25, 0.3) is 0 Å². The molecule has 2 saturated heterocycles. The van der Waals surface area contributed by atoms with Crippen molar-refractivity contribution in [3.05, 3.63) is 34.9 Å². The molecule has 31 heavy (non-hydrogen) atoms. The predicted molar refractivity (Wildman–Crippen MR) is 142 cm³/mol. The Morgan fingerprint density at radius 3 is 2.58 bits per heavy atom. The van der Waals surface area contributed by atoms with Crippen LogP contribution >= 0.6 is 35.6 Å². The molecule has 0 saturated carbocycles. The minimum absolute atomic E-state index is 0. The Morgan fingerprint density at radius 1 is 1.23 bits per heavy atom. The number of benzene rings is 1. The minimum Gasteiger partial charge on any atom is -0.381 e. The van der Waals surface area contributed by atoms with Crippen molar-refractivity contribution < 1.29 is 4.74 Å². The summed E-state index contributed by atoms with van der Waals surface area (Å²) in [6.45, 7) is 15.4. The second-order valence-electron chi connectivity index (χ2n) is 8.63. The molecule has 5 nitrogen and oxygen atoms in total. The Balaban J connectivity index is 0.00000341. The van der Waals surface area contributed by atoms with Gasteiger partial charge in [0, 0.05) is 49.8 Å². The van der Waals surface area contributed by atoms with E-state index in [1.807, 2.05) is 12.1 Å². The van der Waals surface area contributed by atoms with Gasteiger partial charge in [-0.25, -0.2) is 0 Å². The molecule has 0 aromatic heterocycles. The van der Waals surface area contributed by atoms with Crippen molar-refractivity contribution in [1.82, 2.24) is 15.1 Å². The fourth-order valence-electron chi connectivity index (χ4n) is 4.84. The highest BCUT2D eigenvalue weighted by atomic mass is 127. The first-order chi connectivity index (χ1) is 14.6. The molecule has 0 radical (unpaired) electrons. The van der Waals surface area contributed by atoms with E-state index in [4.69, 9.17) is 21.3 Å². The summed E-state index contributed by atoms with van der Waals surface area (Å²) in [7, 11) is 0. The van der Waals surface area contributed by atoms with Gasteiger partial charge in [0.05, 0.1) is 6.54 Å². The topological polar surface area (TPSA) is 40.1 Å². The maximum atomic E-state index is 6.63. The zero-order valence-corrected chi connectivity index (χ0v) is 22.5. The van der Waals surface area contributed by atoms with Gasteiger partial charge in [-0.3, -0.25) is 4.99 Å². The third-order valence-electron chi connectivity index (χ3n) is 6.76. The van der Waals surface area contributed by atoms with Gasteiger partial charge in [0.2, 0.25) is 0 Å². The summed E-state index contributed by atoms with van der Waals surface area (Å²) >= 11 is 6.63. The fourth-order valence-corrected chi connectivity index (χ4v) is 5.18. The normalized spacial score (nSPS) is 21.3. The van der Waals surface area contributed by atoms with E-state index in [1.165, 1.54) is 18.5 Å². The third kappa shape index (κ3) is 6.95. The fraction of sp³-hybridized carbons (Fsp3) is 0.708. The monoisotopic (exact) mass is 562 g/mol. The van der Waals surface area contributed by atoms with E-state index in [9.17, 15) is 0 Å². The van der Waals surface area contributed by atoms with E-state index in [0.717, 1.165) is 82.2 Å². The number of hydrogen-bond donors (Lipinski definition) is 1. The third-order valence-corrected chi connectivity index (χ3v) is 7.09. The first kappa shape index (κ1) is 26.7. The molecule has 0 spiro atoms. The van der Waals surface area contributed by atoms with Crippen LogP contribution in [0, 0.1) is 5.92 Å². The Kier molecular flexibility index (Phi) is 11.4. The van der Waals surface area contributed by atoms with E-state index in [0.29, 0.717) is 0 Å². The molecule has 0 aliphatic carbocycles. The highest BCUT2D eigenvalue weighted by molar-refractivity contribution is 14.0. The Hall–Kier alpha value is -0.570. The Bertz CT molecular complexity index is 692. The van der Waals surface area contributed by atoms with Gasteiger partial charge in [-0.1, -0.05) is 43.6 Å². The standard InChI is InChI=1S/C24H39ClN4O.HI/c1-4-26-23(29-14-11-20(18-29)17-28(5-2)6-3)27-19-24(12-15-30-16-13-24)21-9-7-8-10-22(21)25;/h7-10,20H,4-6,11-19H2,1-3H3,(H,26,27);1H. The highest BCUT2D eigenvalue weighted by Crippen LogP contribution is 2.39. The number of hydrogen-bond acceptors (Lipinski definition) is 3. The average Bonchev–Trinajstić information content (AvgIpc) is 3.24. The van der Waals surface area contributed by atoms with Crippen LogP contribution in [0.2, 0.25) is 5.02 Å². The number of likely N-dealkylation sites (tertiary alicyclic amines) is 1. The zero-order valence-electron chi connectivity index (χ0n) is 19.4. The molecule has 2 fully saturated rings. The molecule has 2 aliphatic rings. The first-order valence-electron chi connectivity index (χ1n) is 11.7. The van der Waals surface area contributed by atoms with Crippen LogP contribution in [0.4, 0.5) is 0 Å².